The van der Waals surface area contributed by atoms with Gasteiger partial charge in [0.25, 0.3) is 5.91 Å². The standard InChI is InChI=1S/C18H21N5O10S2/c1-8(11-5-12(24)14(26)6-22(11)28)32-21-15(10-7-34-17(19)20-10)13(25)4-9-16(27)23(18(9,2)3)33-35(29,30)31/h5-9,26,28H,4H2,1-3H3,(H2,19,20)(H,29,30,31)/b21-15-/t8-,9+/m0/s1. The van der Waals surface area contributed by atoms with Gasteiger partial charge in [0, 0.05) is 17.9 Å². The summed E-state index contributed by atoms with van der Waals surface area (Å²) >= 11 is 1.01. The molecule has 1 amide bonds. The summed E-state index contributed by atoms with van der Waals surface area (Å²) in [6.45, 7) is 4.26. The molecular formula is C18H21N5O10S2. The van der Waals surface area contributed by atoms with Crippen molar-refractivity contribution in [3.05, 3.63) is 39.3 Å². The molecule has 2 aromatic rings. The average Bonchev–Trinajstić information content (AvgIpc) is 3.17. The first-order chi connectivity index (χ1) is 16.1. The lowest BCUT2D eigenvalue weighted by atomic mass is 9.74. The third kappa shape index (κ3) is 5.42. The van der Waals surface area contributed by atoms with Crippen molar-refractivity contribution < 1.29 is 42.0 Å². The number of anilines is 1. The Morgan fingerprint density at radius 3 is 2.60 bits per heavy atom. The number of hydrogen-bond donors (Lipinski definition) is 4. The Morgan fingerprint density at radius 2 is 2.06 bits per heavy atom. The number of aromatic nitrogens is 2. The zero-order valence-electron chi connectivity index (χ0n) is 18.5. The fourth-order valence-corrected chi connectivity index (χ4v) is 4.31. The minimum atomic E-state index is -4.96. The number of carbonyl (C=O) groups is 2. The van der Waals surface area contributed by atoms with Crippen molar-refractivity contribution in [1.29, 1.82) is 0 Å². The van der Waals surface area contributed by atoms with Crippen LogP contribution in [0.4, 0.5) is 5.13 Å². The molecule has 2 atom stereocenters. The van der Waals surface area contributed by atoms with E-state index in [0.717, 1.165) is 23.6 Å². The van der Waals surface area contributed by atoms with Gasteiger partial charge in [-0.05, 0) is 20.8 Å². The van der Waals surface area contributed by atoms with E-state index in [1.807, 2.05) is 0 Å². The SMILES string of the molecule is C[C@H](O/N=C(\C(=O)C[C@@H]1C(=O)N(OS(=O)(=O)O)C1(C)C)c1csc(N)n1)c1cc(=O)c(O)cn1O. The van der Waals surface area contributed by atoms with Gasteiger partial charge >= 0.3 is 10.4 Å². The van der Waals surface area contributed by atoms with Gasteiger partial charge in [0.05, 0.1) is 17.7 Å². The first-order valence-electron chi connectivity index (χ1n) is 9.76. The van der Waals surface area contributed by atoms with Crippen LogP contribution in [0, 0.1) is 5.92 Å². The maximum absolute atomic E-state index is 13.1. The number of oxime groups is 1. The average molecular weight is 532 g/mol. The molecule has 15 nitrogen and oxygen atoms in total. The molecule has 1 aliphatic heterocycles. The van der Waals surface area contributed by atoms with Crippen LogP contribution in [0.15, 0.2) is 27.6 Å². The van der Waals surface area contributed by atoms with Gasteiger partial charge in [0.1, 0.15) is 11.4 Å². The van der Waals surface area contributed by atoms with Crippen LogP contribution < -0.4 is 11.2 Å². The molecule has 190 valence electrons. The van der Waals surface area contributed by atoms with E-state index in [1.165, 1.54) is 26.2 Å². The largest absolute Gasteiger partial charge is 0.503 e. The third-order valence-electron chi connectivity index (χ3n) is 5.22. The van der Waals surface area contributed by atoms with Gasteiger partial charge < -0.3 is 20.9 Å². The van der Waals surface area contributed by atoms with Crippen molar-refractivity contribution in [2.24, 2.45) is 11.1 Å². The maximum atomic E-state index is 13.1. The van der Waals surface area contributed by atoms with Crippen LogP contribution in [-0.2, 0) is 29.1 Å². The van der Waals surface area contributed by atoms with E-state index in [0.29, 0.717) is 9.79 Å². The fourth-order valence-electron chi connectivity index (χ4n) is 3.30. The third-order valence-corrected chi connectivity index (χ3v) is 6.23. The number of hydrogen-bond acceptors (Lipinski definition) is 13. The van der Waals surface area contributed by atoms with Crippen molar-refractivity contribution in [2.45, 2.75) is 38.8 Å². The highest BCUT2D eigenvalue weighted by Crippen LogP contribution is 2.40. The summed E-state index contributed by atoms with van der Waals surface area (Å²) in [6.07, 6.45) is -0.763. The van der Waals surface area contributed by atoms with Crippen LogP contribution in [0.3, 0.4) is 0 Å². The molecule has 0 bridgehead atoms. The first-order valence-corrected chi connectivity index (χ1v) is 12.0. The van der Waals surface area contributed by atoms with Crippen molar-refractivity contribution in [2.75, 3.05) is 5.73 Å². The highest BCUT2D eigenvalue weighted by atomic mass is 32.3. The number of nitrogen functional groups attached to an aromatic ring is 1. The van der Waals surface area contributed by atoms with Crippen LogP contribution in [0.2, 0.25) is 0 Å². The molecular weight excluding hydrogens is 510 g/mol. The van der Waals surface area contributed by atoms with E-state index in [4.69, 9.17) is 15.1 Å². The topological polar surface area (TPSA) is 224 Å². The van der Waals surface area contributed by atoms with E-state index in [2.05, 4.69) is 14.4 Å². The highest BCUT2D eigenvalue weighted by Gasteiger charge is 2.57. The number of thiazole rings is 1. The van der Waals surface area contributed by atoms with E-state index in [-0.39, 0.29) is 22.2 Å². The number of amides is 1. The zero-order valence-corrected chi connectivity index (χ0v) is 20.1. The molecule has 0 unspecified atom stereocenters. The summed E-state index contributed by atoms with van der Waals surface area (Å²) < 4.78 is 35.6. The van der Waals surface area contributed by atoms with Crippen LogP contribution in [0.5, 0.6) is 5.75 Å². The lowest BCUT2D eigenvalue weighted by Crippen LogP contribution is -2.68. The number of Topliss-reactive ketones (excluding diaryl/α,β-unsaturated/α-hetero) is 1. The highest BCUT2D eigenvalue weighted by molar-refractivity contribution is 7.80. The molecule has 2 aromatic heterocycles. The Kier molecular flexibility index (Phi) is 6.89. The number of β-lactam (4-membered cyclic amide) rings is 1. The summed E-state index contributed by atoms with van der Waals surface area (Å²) in [7, 11) is -4.96. The zero-order chi connectivity index (χ0) is 26.3. The number of carbonyl (C=O) groups excluding carboxylic acids is 2. The molecule has 1 aliphatic rings. The molecule has 17 heteroatoms. The van der Waals surface area contributed by atoms with Gasteiger partial charge in [-0.3, -0.25) is 18.9 Å². The molecule has 1 saturated heterocycles. The van der Waals surface area contributed by atoms with Gasteiger partial charge in [-0.25, -0.2) is 4.98 Å². The molecule has 0 spiro atoms. The number of nitrogens with two attached hydrogens (primary N) is 1. The Balaban J connectivity index is 1.85. The molecule has 0 saturated carbocycles. The van der Waals surface area contributed by atoms with E-state index in [1.54, 1.807) is 0 Å². The Labute approximate surface area is 201 Å². The molecule has 35 heavy (non-hydrogen) atoms. The van der Waals surface area contributed by atoms with Gasteiger partial charge in [-0.15, -0.1) is 15.6 Å². The first kappa shape index (κ1) is 26.1. The second kappa shape index (κ2) is 9.25. The van der Waals surface area contributed by atoms with Crippen LogP contribution in [0.25, 0.3) is 0 Å². The quantitative estimate of drug-likeness (QED) is 0.112. The maximum Gasteiger partial charge on any atom is 0.418 e. The molecule has 0 aromatic carbocycles. The van der Waals surface area contributed by atoms with Gasteiger partial charge in [-0.1, -0.05) is 5.16 Å². The molecule has 1 fully saturated rings. The van der Waals surface area contributed by atoms with Crippen molar-refractivity contribution in [1.82, 2.24) is 14.8 Å². The predicted octanol–water partition coefficient (Wildman–Crippen LogP) is 0.242. The van der Waals surface area contributed by atoms with Crippen molar-refractivity contribution >= 4 is 44.3 Å². The lowest BCUT2D eigenvalue weighted by molar-refractivity contribution is -0.228. The lowest BCUT2D eigenvalue weighted by Gasteiger charge is -2.50. The van der Waals surface area contributed by atoms with E-state index < -0.39 is 57.2 Å². The minimum absolute atomic E-state index is 0.0346. The Morgan fingerprint density at radius 1 is 1.40 bits per heavy atom. The Bertz CT molecular complexity index is 1360. The molecule has 3 rings (SSSR count). The van der Waals surface area contributed by atoms with Gasteiger partial charge in [-0.2, -0.15) is 18.2 Å². The number of pyridine rings is 1. The molecule has 3 heterocycles. The predicted molar refractivity (Wildman–Crippen MR) is 119 cm³/mol. The molecule has 5 N–H and O–H groups in total. The van der Waals surface area contributed by atoms with Crippen molar-refractivity contribution in [3.63, 3.8) is 0 Å². The number of nitrogens with zero attached hydrogens (tertiary/aromatic N) is 4. The number of aromatic hydroxyl groups is 1. The second-order valence-corrected chi connectivity index (χ2v) is 9.91. The smallest absolute Gasteiger partial charge is 0.418 e. The van der Waals surface area contributed by atoms with Crippen LogP contribution in [-0.4, -0.2) is 61.0 Å². The summed E-state index contributed by atoms with van der Waals surface area (Å²) in [6, 6.07) is 0.914. The fraction of sp³-hybridized carbons (Fsp3) is 0.389. The molecule has 0 radical (unpaired) electrons. The summed E-state index contributed by atoms with van der Waals surface area (Å²) in [5.41, 5.74) is 3.21. The van der Waals surface area contributed by atoms with Crippen LogP contribution in [0.1, 0.15) is 44.7 Å². The summed E-state index contributed by atoms with van der Waals surface area (Å²) in [5.74, 6) is -3.30. The van der Waals surface area contributed by atoms with E-state index >= 15 is 0 Å². The van der Waals surface area contributed by atoms with Crippen LogP contribution >= 0.6 is 11.3 Å². The van der Waals surface area contributed by atoms with Gasteiger partial charge in [0.15, 0.2) is 28.5 Å². The number of hydroxylamine groups is 2. The van der Waals surface area contributed by atoms with E-state index in [9.17, 15) is 33.1 Å². The molecule has 0 aliphatic carbocycles. The normalized spacial score (nSPS) is 18.7. The number of rotatable bonds is 9. The Hall–Kier alpha value is -3.54. The van der Waals surface area contributed by atoms with Gasteiger partial charge in [0.2, 0.25) is 5.43 Å². The summed E-state index contributed by atoms with van der Waals surface area (Å²) in [4.78, 5) is 46.5. The number of ketones is 1. The minimum Gasteiger partial charge on any atom is -0.503 e. The monoisotopic (exact) mass is 531 g/mol. The van der Waals surface area contributed by atoms with Crippen molar-refractivity contribution in [3.8, 4) is 5.75 Å². The second-order valence-electron chi connectivity index (χ2n) is 8.02. The summed E-state index contributed by atoms with van der Waals surface area (Å²) in [5, 5.41) is 25.1.